The maximum Gasteiger partial charge on any atom is 0.143 e. The minimum Gasteiger partial charge on any atom is -0.371 e. The second kappa shape index (κ2) is 6.15. The zero-order valence-electron chi connectivity index (χ0n) is 13.5. The molecule has 0 saturated carbocycles. The fourth-order valence-corrected chi connectivity index (χ4v) is 3.26. The van der Waals surface area contributed by atoms with E-state index < -0.39 is 5.72 Å². The average Bonchev–Trinajstić information content (AvgIpc) is 2.63. The molecule has 0 aromatic heterocycles. The summed E-state index contributed by atoms with van der Waals surface area (Å²) in [5.74, 6) is 0. The van der Waals surface area contributed by atoms with E-state index in [4.69, 9.17) is 5.73 Å². The lowest BCUT2D eigenvalue weighted by Gasteiger charge is -2.24. The Bertz CT molecular complexity index is 862. The molecule has 0 fully saturated rings. The van der Waals surface area contributed by atoms with Gasteiger partial charge in [-0.3, -0.25) is 5.73 Å². The van der Waals surface area contributed by atoms with E-state index in [1.807, 2.05) is 24.3 Å². The van der Waals surface area contributed by atoms with Gasteiger partial charge in [0.15, 0.2) is 0 Å². The molecule has 2 aromatic rings. The summed E-state index contributed by atoms with van der Waals surface area (Å²) in [5, 5.41) is 12.9. The van der Waals surface area contributed by atoms with Gasteiger partial charge in [0.1, 0.15) is 5.72 Å². The fraction of sp³-hybridized carbons (Fsp3) is 0.238. The molecule has 3 N–H and O–H groups in total. The standard InChI is InChI=1S/C21H23NO/c1-15-7-10-18(16(2)13-15)11-8-17-9-12-19-5-3-4-6-20(19)21(22,23)14-17/h3-8,10-11,13,23H,1,9,12,14,22H2,2H3/b17-8-,18-11-. The highest BCUT2D eigenvalue weighted by molar-refractivity contribution is 5.44. The van der Waals surface area contributed by atoms with Crippen LogP contribution in [0, 0.1) is 6.92 Å². The smallest absolute Gasteiger partial charge is 0.143 e. The third-order valence-corrected chi connectivity index (χ3v) is 4.53. The molecule has 0 bridgehead atoms. The Kier molecular flexibility index (Phi) is 4.20. The molecule has 1 aliphatic carbocycles. The van der Waals surface area contributed by atoms with Crippen LogP contribution in [0.2, 0.25) is 0 Å². The molecule has 1 unspecified atom stereocenters. The summed E-state index contributed by atoms with van der Waals surface area (Å²) in [4.78, 5) is 0. The number of benzene rings is 2. The predicted molar refractivity (Wildman–Crippen MR) is 96.0 cm³/mol. The molecule has 2 nitrogen and oxygen atoms in total. The number of aryl methyl sites for hydroxylation is 2. The second-order valence-electron chi connectivity index (χ2n) is 6.44. The van der Waals surface area contributed by atoms with Crippen LogP contribution < -0.4 is 16.2 Å². The highest BCUT2D eigenvalue weighted by Crippen LogP contribution is 2.32. The summed E-state index contributed by atoms with van der Waals surface area (Å²) in [6, 6.07) is 14.1. The van der Waals surface area contributed by atoms with Crippen LogP contribution in [0.1, 0.15) is 29.5 Å². The van der Waals surface area contributed by atoms with Crippen molar-refractivity contribution in [2.45, 2.75) is 31.9 Å². The Morgan fingerprint density at radius 2 is 1.91 bits per heavy atom. The van der Waals surface area contributed by atoms with E-state index in [9.17, 15) is 5.11 Å². The first kappa shape index (κ1) is 15.7. The van der Waals surface area contributed by atoms with E-state index in [0.717, 1.165) is 29.2 Å². The number of fused-ring (bicyclic) bond motifs is 1. The van der Waals surface area contributed by atoms with Crippen LogP contribution in [0.5, 0.6) is 0 Å². The molecule has 2 heteroatoms. The summed E-state index contributed by atoms with van der Waals surface area (Å²) < 4.78 is 0. The first-order valence-corrected chi connectivity index (χ1v) is 8.01. The largest absolute Gasteiger partial charge is 0.371 e. The molecule has 0 amide bonds. The lowest BCUT2D eigenvalue weighted by atomic mass is 9.95. The number of nitrogens with two attached hydrogens (primary N) is 1. The maximum absolute atomic E-state index is 10.7. The fourth-order valence-electron chi connectivity index (χ4n) is 3.26. The summed E-state index contributed by atoms with van der Waals surface area (Å²) in [6.07, 6.45) is 6.50. The molecule has 1 aliphatic rings. The lowest BCUT2D eigenvalue weighted by molar-refractivity contribution is 0.0443. The molecule has 2 aromatic carbocycles. The molecule has 1 atom stereocenters. The van der Waals surface area contributed by atoms with Crippen LogP contribution >= 0.6 is 0 Å². The van der Waals surface area contributed by atoms with E-state index in [-0.39, 0.29) is 0 Å². The molecule has 0 aliphatic heterocycles. The van der Waals surface area contributed by atoms with Crippen molar-refractivity contribution in [3.8, 4) is 0 Å². The van der Waals surface area contributed by atoms with E-state index in [0.29, 0.717) is 6.42 Å². The Balaban J connectivity index is 1.95. The second-order valence-corrected chi connectivity index (χ2v) is 6.44. The monoisotopic (exact) mass is 305 g/mol. The molecule has 0 saturated heterocycles. The maximum atomic E-state index is 10.7. The van der Waals surface area contributed by atoms with Crippen LogP contribution in [-0.2, 0) is 12.1 Å². The first-order valence-electron chi connectivity index (χ1n) is 8.01. The van der Waals surface area contributed by atoms with Gasteiger partial charge in [0, 0.05) is 12.0 Å². The zero-order chi connectivity index (χ0) is 16.4. The molecule has 0 radical (unpaired) electrons. The average molecular weight is 305 g/mol. The Morgan fingerprint density at radius 1 is 1.13 bits per heavy atom. The number of hydrogen-bond acceptors (Lipinski definition) is 2. The number of aliphatic hydroxyl groups is 1. The van der Waals surface area contributed by atoms with Gasteiger partial charge in [0.2, 0.25) is 0 Å². The van der Waals surface area contributed by atoms with Gasteiger partial charge in [-0.25, -0.2) is 0 Å². The third kappa shape index (κ3) is 3.44. The van der Waals surface area contributed by atoms with Gasteiger partial charge in [-0.05, 0) is 41.3 Å². The summed E-state index contributed by atoms with van der Waals surface area (Å²) in [6.45, 7) is 6.03. The zero-order valence-corrected chi connectivity index (χ0v) is 13.5. The van der Waals surface area contributed by atoms with Crippen molar-refractivity contribution >= 4 is 12.7 Å². The molecular formula is C21H23NO. The van der Waals surface area contributed by atoms with Crippen LogP contribution in [0.4, 0.5) is 0 Å². The van der Waals surface area contributed by atoms with Crippen molar-refractivity contribution in [2.75, 3.05) is 0 Å². The van der Waals surface area contributed by atoms with Crippen LogP contribution in [0.3, 0.4) is 0 Å². The first-order chi connectivity index (χ1) is 11.0. The Morgan fingerprint density at radius 3 is 2.70 bits per heavy atom. The molecule has 118 valence electrons. The van der Waals surface area contributed by atoms with Gasteiger partial charge in [-0.2, -0.15) is 0 Å². The topological polar surface area (TPSA) is 46.2 Å². The van der Waals surface area contributed by atoms with Gasteiger partial charge in [-0.1, -0.05) is 66.8 Å². The Hall–Kier alpha value is -2.16. The Labute approximate surface area is 137 Å². The lowest BCUT2D eigenvalue weighted by Crippen LogP contribution is -2.36. The normalized spacial score (nSPS) is 23.6. The summed E-state index contributed by atoms with van der Waals surface area (Å²) in [5.41, 5.74) is 9.26. The quantitative estimate of drug-likeness (QED) is 0.627. The van der Waals surface area contributed by atoms with E-state index in [2.05, 4.69) is 43.9 Å². The highest BCUT2D eigenvalue weighted by Gasteiger charge is 2.29. The van der Waals surface area contributed by atoms with E-state index in [1.165, 1.54) is 16.4 Å². The molecule has 0 spiro atoms. The minimum absolute atomic E-state index is 0.465. The minimum atomic E-state index is -1.29. The van der Waals surface area contributed by atoms with Crippen molar-refractivity contribution in [2.24, 2.45) is 5.73 Å². The van der Waals surface area contributed by atoms with Gasteiger partial charge in [-0.15, -0.1) is 0 Å². The predicted octanol–water partition coefficient (Wildman–Crippen LogP) is 2.25. The summed E-state index contributed by atoms with van der Waals surface area (Å²) in [7, 11) is 0. The number of allylic oxidation sites excluding steroid dienone is 1. The number of rotatable bonds is 1. The van der Waals surface area contributed by atoms with Crippen molar-refractivity contribution in [3.05, 3.63) is 81.2 Å². The van der Waals surface area contributed by atoms with Crippen molar-refractivity contribution in [1.82, 2.24) is 0 Å². The van der Waals surface area contributed by atoms with Crippen LogP contribution in [-0.4, -0.2) is 5.11 Å². The third-order valence-electron chi connectivity index (χ3n) is 4.53. The van der Waals surface area contributed by atoms with Gasteiger partial charge in [0.25, 0.3) is 0 Å². The molecule has 3 rings (SSSR count). The number of hydrogen-bond donors (Lipinski definition) is 2. The van der Waals surface area contributed by atoms with Gasteiger partial charge in [0.05, 0.1) is 0 Å². The van der Waals surface area contributed by atoms with Crippen LogP contribution in [0.15, 0.2) is 54.1 Å². The van der Waals surface area contributed by atoms with E-state index >= 15 is 0 Å². The summed E-state index contributed by atoms with van der Waals surface area (Å²) >= 11 is 0. The van der Waals surface area contributed by atoms with Crippen LogP contribution in [0.25, 0.3) is 12.7 Å². The highest BCUT2D eigenvalue weighted by atomic mass is 16.3. The van der Waals surface area contributed by atoms with Crippen molar-refractivity contribution in [3.63, 3.8) is 0 Å². The molecular weight excluding hydrogens is 282 g/mol. The molecule has 23 heavy (non-hydrogen) atoms. The van der Waals surface area contributed by atoms with Crippen molar-refractivity contribution < 1.29 is 5.11 Å². The van der Waals surface area contributed by atoms with Gasteiger partial charge >= 0.3 is 0 Å². The molecule has 0 heterocycles. The van der Waals surface area contributed by atoms with Gasteiger partial charge < -0.3 is 5.11 Å². The van der Waals surface area contributed by atoms with Crippen molar-refractivity contribution in [1.29, 1.82) is 0 Å². The van der Waals surface area contributed by atoms with E-state index in [1.54, 1.807) is 0 Å². The SMILES string of the molecule is C=c1cc/c(=C/C=C2/CCc3ccccc3C(N)(O)C2)c(C)c1.